The molecule has 3 aromatic carbocycles. The van der Waals surface area contributed by atoms with E-state index in [2.05, 4.69) is 17.0 Å². The Bertz CT molecular complexity index is 1090. The maximum absolute atomic E-state index is 13.5. The van der Waals surface area contributed by atoms with Crippen LogP contribution in [0.15, 0.2) is 77.7 Å². The number of methoxy groups -OCH3 is 1. The number of halogens is 1. The first-order valence-corrected chi connectivity index (χ1v) is 12.0. The van der Waals surface area contributed by atoms with Crippen LogP contribution in [-0.2, 0) is 11.3 Å². The third kappa shape index (κ3) is 5.36. The fraction of sp³-hybridized carbons (Fsp3) is 0.269. The van der Waals surface area contributed by atoms with Crippen LogP contribution < -0.4 is 9.64 Å². The molecule has 2 unspecified atom stereocenters. The lowest BCUT2D eigenvalue weighted by Crippen LogP contribution is -2.43. The molecule has 1 heterocycles. The minimum absolute atomic E-state index is 0.322. The van der Waals surface area contributed by atoms with E-state index in [4.69, 9.17) is 16.3 Å². The molecule has 0 radical (unpaired) electrons. The number of carbonyl (C=O) groups is 1. The lowest BCUT2D eigenvalue weighted by molar-refractivity contribution is -0.126. The molecule has 3 aromatic rings. The average molecular weight is 483 g/mol. The summed E-state index contributed by atoms with van der Waals surface area (Å²) < 4.78 is 5.25. The van der Waals surface area contributed by atoms with Crippen molar-refractivity contribution in [3.63, 3.8) is 0 Å². The fourth-order valence-electron chi connectivity index (χ4n) is 3.95. The monoisotopic (exact) mass is 482 g/mol. The number of aliphatic hydroxyl groups excluding tert-OH is 1. The maximum Gasteiger partial charge on any atom is 0.257 e. The molecule has 172 valence electrons. The molecule has 7 heteroatoms. The number of aliphatic hydroxyl groups is 1. The van der Waals surface area contributed by atoms with Crippen LogP contribution in [0.2, 0.25) is 5.02 Å². The van der Waals surface area contributed by atoms with E-state index in [1.54, 1.807) is 12.0 Å². The van der Waals surface area contributed by atoms with Gasteiger partial charge in [-0.1, -0.05) is 60.1 Å². The number of likely N-dealkylation sites (N-methyl/N-ethyl adjacent to an activating group) is 1. The van der Waals surface area contributed by atoms with Gasteiger partial charge in [-0.25, -0.2) is 0 Å². The highest BCUT2D eigenvalue weighted by molar-refractivity contribution is 8.00. The van der Waals surface area contributed by atoms with Crippen molar-refractivity contribution in [2.45, 2.75) is 22.8 Å². The van der Waals surface area contributed by atoms with Crippen molar-refractivity contribution in [3.05, 3.63) is 88.9 Å². The van der Waals surface area contributed by atoms with Crippen LogP contribution in [0.4, 0.5) is 5.69 Å². The highest BCUT2D eigenvalue weighted by Gasteiger charge is 2.38. The van der Waals surface area contributed by atoms with Gasteiger partial charge in [0.25, 0.3) is 5.91 Å². The minimum Gasteiger partial charge on any atom is -0.497 e. The predicted octanol–water partition coefficient (Wildman–Crippen LogP) is 5.02. The second-order valence-electron chi connectivity index (χ2n) is 8.06. The average Bonchev–Trinajstić information content (AvgIpc) is 2.94. The smallest absolute Gasteiger partial charge is 0.257 e. The van der Waals surface area contributed by atoms with Gasteiger partial charge in [-0.05, 0) is 42.4 Å². The van der Waals surface area contributed by atoms with E-state index in [0.717, 1.165) is 28.4 Å². The van der Waals surface area contributed by atoms with Gasteiger partial charge in [0.15, 0.2) is 0 Å². The van der Waals surface area contributed by atoms with Crippen LogP contribution in [0.5, 0.6) is 5.75 Å². The van der Waals surface area contributed by atoms with Crippen LogP contribution in [0.25, 0.3) is 0 Å². The summed E-state index contributed by atoms with van der Waals surface area (Å²) in [4.78, 5) is 18.1. The molecular formula is C26H27ClN2O3S. The maximum atomic E-state index is 13.5. The number of fused-ring (bicyclic) bond motifs is 1. The Morgan fingerprint density at radius 2 is 1.79 bits per heavy atom. The number of anilines is 1. The quantitative estimate of drug-likeness (QED) is 0.512. The van der Waals surface area contributed by atoms with Gasteiger partial charge in [0.2, 0.25) is 0 Å². The van der Waals surface area contributed by atoms with Crippen LogP contribution in [0.3, 0.4) is 0 Å². The molecular weight excluding hydrogens is 456 g/mol. The lowest BCUT2D eigenvalue weighted by Gasteiger charge is -2.27. The van der Waals surface area contributed by atoms with Crippen LogP contribution in [-0.4, -0.2) is 49.3 Å². The summed E-state index contributed by atoms with van der Waals surface area (Å²) in [5.74, 6) is 0.400. The van der Waals surface area contributed by atoms with Crippen molar-refractivity contribution in [2.75, 3.05) is 32.1 Å². The fourth-order valence-corrected chi connectivity index (χ4v) is 5.52. The van der Waals surface area contributed by atoms with Gasteiger partial charge in [-0.15, -0.1) is 11.8 Å². The summed E-state index contributed by atoms with van der Waals surface area (Å²) in [6.45, 7) is 1.87. The molecule has 0 saturated heterocycles. The third-order valence-electron chi connectivity index (χ3n) is 5.73. The first-order valence-electron chi connectivity index (χ1n) is 10.8. The zero-order valence-corrected chi connectivity index (χ0v) is 20.2. The van der Waals surface area contributed by atoms with E-state index in [9.17, 15) is 9.90 Å². The van der Waals surface area contributed by atoms with Gasteiger partial charge in [-0.2, -0.15) is 0 Å². The molecule has 1 N–H and O–H groups in total. The van der Waals surface area contributed by atoms with Crippen LogP contribution in [0, 0.1) is 0 Å². The molecule has 1 aliphatic rings. The summed E-state index contributed by atoms with van der Waals surface area (Å²) in [6, 6.07) is 23.2. The number of hydrogen-bond donors (Lipinski definition) is 1. The van der Waals surface area contributed by atoms with Gasteiger partial charge in [0, 0.05) is 19.6 Å². The van der Waals surface area contributed by atoms with Crippen LogP contribution >= 0.6 is 23.4 Å². The van der Waals surface area contributed by atoms with Crippen molar-refractivity contribution in [2.24, 2.45) is 0 Å². The van der Waals surface area contributed by atoms with E-state index in [-0.39, 0.29) is 5.91 Å². The molecule has 4 rings (SSSR count). The molecule has 1 aliphatic heterocycles. The van der Waals surface area contributed by atoms with Crippen molar-refractivity contribution in [3.8, 4) is 5.75 Å². The summed E-state index contributed by atoms with van der Waals surface area (Å²) in [5.41, 5.74) is 2.79. The Labute approximate surface area is 203 Å². The van der Waals surface area contributed by atoms with E-state index in [1.807, 2.05) is 67.7 Å². The molecule has 0 saturated carbocycles. The van der Waals surface area contributed by atoms with E-state index in [0.29, 0.717) is 18.1 Å². The van der Waals surface area contributed by atoms with Gasteiger partial charge in [0.05, 0.1) is 28.0 Å². The normalized spacial score (nSPS) is 18.2. The SMILES string of the molecule is COc1ccc(C2Sc3c(Cl)cccc3N(CCN(C)Cc3ccccc3)C(=O)C2O)cc1. The molecule has 0 aromatic heterocycles. The number of thioether (sulfide) groups is 1. The lowest BCUT2D eigenvalue weighted by atomic mass is 10.1. The standard InChI is InChI=1S/C26H27ClN2O3S/c1-28(17-18-7-4-3-5-8-18)15-16-29-22-10-6-9-21(27)25(22)33-24(23(30)26(29)31)19-11-13-20(32-2)14-12-19/h3-14,23-24,30H,15-17H2,1-2H3. The Balaban J connectivity index is 1.59. The van der Waals surface area contributed by atoms with Gasteiger partial charge >= 0.3 is 0 Å². The van der Waals surface area contributed by atoms with Crippen molar-refractivity contribution >= 4 is 35.0 Å². The number of benzene rings is 3. The number of hydrogen-bond acceptors (Lipinski definition) is 5. The molecule has 5 nitrogen and oxygen atoms in total. The molecule has 1 amide bonds. The summed E-state index contributed by atoms with van der Waals surface area (Å²) in [7, 11) is 3.63. The van der Waals surface area contributed by atoms with E-state index < -0.39 is 11.4 Å². The Morgan fingerprint density at radius 3 is 2.48 bits per heavy atom. The number of carbonyl (C=O) groups excluding carboxylic acids is 1. The van der Waals surface area contributed by atoms with Crippen LogP contribution in [0.1, 0.15) is 16.4 Å². The Kier molecular flexibility index (Phi) is 7.60. The van der Waals surface area contributed by atoms with E-state index >= 15 is 0 Å². The van der Waals surface area contributed by atoms with Gasteiger partial charge < -0.3 is 19.6 Å². The van der Waals surface area contributed by atoms with Gasteiger partial charge in [-0.3, -0.25) is 4.79 Å². The summed E-state index contributed by atoms with van der Waals surface area (Å²) in [5, 5.41) is 11.2. The molecule has 33 heavy (non-hydrogen) atoms. The highest BCUT2D eigenvalue weighted by atomic mass is 35.5. The van der Waals surface area contributed by atoms with Gasteiger partial charge in [0.1, 0.15) is 11.9 Å². The number of ether oxygens (including phenoxy) is 1. The van der Waals surface area contributed by atoms with E-state index in [1.165, 1.54) is 17.3 Å². The molecule has 0 spiro atoms. The molecule has 0 aliphatic carbocycles. The predicted molar refractivity (Wildman–Crippen MR) is 134 cm³/mol. The number of rotatable bonds is 7. The number of amides is 1. The number of nitrogens with zero attached hydrogens (tertiary/aromatic N) is 2. The largest absolute Gasteiger partial charge is 0.497 e. The Morgan fingerprint density at radius 1 is 1.06 bits per heavy atom. The molecule has 0 bridgehead atoms. The first-order chi connectivity index (χ1) is 16.0. The summed E-state index contributed by atoms with van der Waals surface area (Å²) >= 11 is 8.00. The Hall–Kier alpha value is -2.51. The summed E-state index contributed by atoms with van der Waals surface area (Å²) in [6.07, 6.45) is -1.20. The molecule has 0 fully saturated rings. The second-order valence-corrected chi connectivity index (χ2v) is 9.62. The van der Waals surface area contributed by atoms with Crippen molar-refractivity contribution in [1.29, 1.82) is 0 Å². The zero-order chi connectivity index (χ0) is 23.4. The second kappa shape index (κ2) is 10.6. The van der Waals surface area contributed by atoms with Crippen molar-refractivity contribution in [1.82, 2.24) is 4.90 Å². The van der Waals surface area contributed by atoms with Crippen molar-refractivity contribution < 1.29 is 14.6 Å². The third-order valence-corrected chi connectivity index (χ3v) is 7.61. The topological polar surface area (TPSA) is 53.0 Å². The molecule has 2 atom stereocenters. The zero-order valence-electron chi connectivity index (χ0n) is 18.6. The minimum atomic E-state index is -1.20. The highest BCUT2D eigenvalue weighted by Crippen LogP contribution is 2.48. The first kappa shape index (κ1) is 23.6.